The first-order valence-electron chi connectivity index (χ1n) is 8.56. The summed E-state index contributed by atoms with van der Waals surface area (Å²) in [5.74, 6) is 0. The molecule has 0 spiro atoms. The van der Waals surface area contributed by atoms with Gasteiger partial charge in [0.25, 0.3) is 0 Å². The van der Waals surface area contributed by atoms with Gasteiger partial charge < -0.3 is 10.6 Å². The smallest absolute Gasteiger partial charge is 0.220 e. The molecule has 0 unspecified atom stereocenters. The lowest BCUT2D eigenvalue weighted by Crippen LogP contribution is -2.18. The molecule has 0 saturated carbocycles. The molecule has 0 bridgehead atoms. The minimum atomic E-state index is 0.705. The van der Waals surface area contributed by atoms with Gasteiger partial charge in [0, 0.05) is 13.1 Å². The highest BCUT2D eigenvalue weighted by Gasteiger charge is 2.00. The molecule has 0 aliphatic heterocycles. The van der Waals surface area contributed by atoms with Gasteiger partial charge in [-0.3, -0.25) is 0 Å². The van der Waals surface area contributed by atoms with E-state index >= 15 is 0 Å². The van der Waals surface area contributed by atoms with Gasteiger partial charge in [0.1, 0.15) is 11.1 Å². The Morgan fingerprint density at radius 3 is 1.62 bits per heavy atom. The topological polar surface area (TPSA) is 125 Å². The van der Waals surface area contributed by atoms with E-state index in [0.29, 0.717) is 11.4 Å². The van der Waals surface area contributed by atoms with Crippen LogP contribution in [-0.2, 0) is 13.1 Å². The Labute approximate surface area is 152 Å². The molecule has 0 aliphatic rings. The second kappa shape index (κ2) is 11.5. The zero-order valence-corrected chi connectivity index (χ0v) is 14.7. The van der Waals surface area contributed by atoms with Crippen LogP contribution in [0.25, 0.3) is 0 Å². The van der Waals surface area contributed by atoms with E-state index in [0.717, 1.165) is 50.1 Å². The van der Waals surface area contributed by atoms with E-state index in [4.69, 9.17) is 11.1 Å². The van der Waals surface area contributed by atoms with Crippen LogP contribution in [-0.4, -0.2) is 13.1 Å². The van der Waals surface area contributed by atoms with Crippen LogP contribution in [0.5, 0.6) is 0 Å². The van der Waals surface area contributed by atoms with Crippen molar-refractivity contribution in [3.8, 4) is 0 Å². The minimum absolute atomic E-state index is 0.705. The van der Waals surface area contributed by atoms with E-state index in [9.17, 15) is 0 Å². The van der Waals surface area contributed by atoms with Crippen molar-refractivity contribution in [2.45, 2.75) is 25.9 Å². The molecule has 2 aromatic rings. The van der Waals surface area contributed by atoms with Gasteiger partial charge in [-0.2, -0.15) is 0 Å². The van der Waals surface area contributed by atoms with Crippen LogP contribution >= 0.6 is 0 Å². The maximum atomic E-state index is 6.76. The van der Waals surface area contributed by atoms with Crippen LogP contribution < -0.4 is 20.5 Å². The normalized spacial score (nSPS) is 10.0. The summed E-state index contributed by atoms with van der Waals surface area (Å²) in [5, 5.41) is 14.3. The Balaban J connectivity index is 1.57. The van der Waals surface area contributed by atoms with E-state index in [1.807, 2.05) is 48.5 Å². The third-order valence-corrected chi connectivity index (χ3v) is 3.77. The highest BCUT2D eigenvalue weighted by Crippen LogP contribution is 2.13. The number of hydrogen-bond acceptors (Lipinski definition) is 6. The molecule has 0 aliphatic carbocycles. The SMILES string of the molecule is N=[N+]=Nc1cccc(CNCCCCNCc2cccc(N=[N+]=N)c2)c1. The molecule has 0 atom stereocenters. The quantitative estimate of drug-likeness (QED) is 0.279. The Hall–Kier alpha value is -3.02. The number of benzene rings is 2. The Kier molecular flexibility index (Phi) is 8.55. The standard InChI is InChI=1S/C18H24N8/c19-25-23-17-7-3-5-15(11-17)13-21-9-1-2-10-22-14-16-6-4-8-18(12-16)24-26-20/h3-8,11-12,19-22H,1-2,9-10,13-14H2/q+2. The van der Waals surface area contributed by atoms with Crippen molar-refractivity contribution in [3.05, 3.63) is 59.7 Å². The molecule has 4 N–H and O–H groups in total. The predicted octanol–water partition coefficient (Wildman–Crippen LogP) is 3.71. The van der Waals surface area contributed by atoms with Crippen LogP contribution in [0.4, 0.5) is 11.4 Å². The molecule has 0 radical (unpaired) electrons. The maximum absolute atomic E-state index is 6.76. The average molecular weight is 352 g/mol. The van der Waals surface area contributed by atoms with E-state index < -0.39 is 0 Å². The molecular formula is C18H24N8+2. The summed E-state index contributed by atoms with van der Waals surface area (Å²) < 4.78 is 0. The lowest BCUT2D eigenvalue weighted by molar-refractivity contribution is 0.582. The Morgan fingerprint density at radius 2 is 1.19 bits per heavy atom. The summed E-state index contributed by atoms with van der Waals surface area (Å²) in [7, 11) is 0. The van der Waals surface area contributed by atoms with Gasteiger partial charge in [-0.15, -0.1) is 0 Å². The first kappa shape index (κ1) is 19.3. The number of hydrogen-bond donors (Lipinski definition) is 4. The summed E-state index contributed by atoms with van der Waals surface area (Å²) in [6.45, 7) is 3.47. The van der Waals surface area contributed by atoms with Crippen LogP contribution in [0.3, 0.4) is 0 Å². The number of rotatable bonds is 11. The van der Waals surface area contributed by atoms with Crippen molar-refractivity contribution in [2.75, 3.05) is 13.1 Å². The fourth-order valence-electron chi connectivity index (χ4n) is 2.54. The van der Waals surface area contributed by atoms with Gasteiger partial charge >= 0.3 is 0 Å². The van der Waals surface area contributed by atoms with Gasteiger partial charge in [-0.25, -0.2) is 0 Å². The molecule has 8 heteroatoms. The number of nitrogens with one attached hydrogen (secondary N) is 4. The van der Waals surface area contributed by atoms with E-state index in [1.165, 1.54) is 0 Å². The van der Waals surface area contributed by atoms with Crippen LogP contribution in [0.1, 0.15) is 24.0 Å². The fourth-order valence-corrected chi connectivity index (χ4v) is 2.54. The monoisotopic (exact) mass is 352 g/mol. The summed E-state index contributed by atoms with van der Waals surface area (Å²) in [4.78, 5) is 6.10. The van der Waals surface area contributed by atoms with Crippen molar-refractivity contribution < 1.29 is 0 Å². The molecular weight excluding hydrogens is 328 g/mol. The summed E-state index contributed by atoms with van der Waals surface area (Å²) in [5.41, 5.74) is 17.2. The number of unbranched alkanes of at least 4 members (excludes halogenated alkanes) is 1. The van der Waals surface area contributed by atoms with Gasteiger partial charge in [0.2, 0.25) is 9.82 Å². The second-order valence-electron chi connectivity index (χ2n) is 5.80. The molecule has 134 valence electrons. The second-order valence-corrected chi connectivity index (χ2v) is 5.80. The van der Waals surface area contributed by atoms with Crippen LogP contribution in [0.2, 0.25) is 0 Å². The van der Waals surface area contributed by atoms with Gasteiger partial charge in [-0.05, 0) is 61.3 Å². The number of nitrogens with zero attached hydrogens (tertiary/aromatic N) is 4. The molecule has 26 heavy (non-hydrogen) atoms. The first-order valence-corrected chi connectivity index (χ1v) is 8.56. The van der Waals surface area contributed by atoms with Gasteiger partial charge in [0.05, 0.1) is 0 Å². The molecule has 0 amide bonds. The maximum Gasteiger partial charge on any atom is 0.220 e. The summed E-state index contributed by atoms with van der Waals surface area (Å²) in [6, 6.07) is 15.4. The van der Waals surface area contributed by atoms with Crippen molar-refractivity contribution in [2.24, 2.45) is 10.2 Å². The van der Waals surface area contributed by atoms with E-state index in [1.54, 1.807) is 0 Å². The van der Waals surface area contributed by atoms with Crippen molar-refractivity contribution in [1.29, 1.82) is 11.1 Å². The third kappa shape index (κ3) is 7.25. The van der Waals surface area contributed by atoms with Gasteiger partial charge in [-0.1, -0.05) is 24.3 Å². The molecule has 0 aromatic heterocycles. The molecule has 2 rings (SSSR count). The lowest BCUT2D eigenvalue weighted by atomic mass is 10.2. The van der Waals surface area contributed by atoms with Crippen molar-refractivity contribution in [1.82, 2.24) is 20.5 Å². The molecule has 8 nitrogen and oxygen atoms in total. The summed E-state index contributed by atoms with van der Waals surface area (Å²) in [6.07, 6.45) is 2.18. The Morgan fingerprint density at radius 1 is 0.731 bits per heavy atom. The lowest BCUT2D eigenvalue weighted by Gasteiger charge is -2.07. The minimum Gasteiger partial charge on any atom is -0.313 e. The van der Waals surface area contributed by atoms with E-state index in [2.05, 4.69) is 30.7 Å². The highest BCUT2D eigenvalue weighted by molar-refractivity contribution is 5.39. The van der Waals surface area contributed by atoms with Crippen molar-refractivity contribution >= 4 is 11.4 Å². The molecule has 0 fully saturated rings. The highest BCUT2D eigenvalue weighted by atomic mass is 15.1. The zero-order chi connectivity index (χ0) is 18.5. The average Bonchev–Trinajstić information content (AvgIpc) is 2.65. The van der Waals surface area contributed by atoms with Crippen molar-refractivity contribution in [3.63, 3.8) is 0 Å². The Bertz CT molecular complexity index is 724. The largest absolute Gasteiger partial charge is 0.313 e. The first-order chi connectivity index (χ1) is 12.8. The van der Waals surface area contributed by atoms with E-state index in [-0.39, 0.29) is 0 Å². The summed E-state index contributed by atoms with van der Waals surface area (Å²) >= 11 is 0. The fraction of sp³-hybridized carbons (Fsp3) is 0.333. The van der Waals surface area contributed by atoms with Gasteiger partial charge in [0.15, 0.2) is 21.6 Å². The zero-order valence-electron chi connectivity index (χ0n) is 14.7. The third-order valence-electron chi connectivity index (χ3n) is 3.77. The molecule has 0 saturated heterocycles. The molecule has 2 aromatic carbocycles. The van der Waals surface area contributed by atoms with Crippen LogP contribution in [0, 0.1) is 11.1 Å². The van der Waals surface area contributed by atoms with Crippen LogP contribution in [0.15, 0.2) is 58.8 Å². The molecule has 0 heterocycles. The predicted molar refractivity (Wildman–Crippen MR) is 99.4 cm³/mol.